The smallest absolute Gasteiger partial charge is 0.147 e. The summed E-state index contributed by atoms with van der Waals surface area (Å²) in [6.45, 7) is 3.80. The van der Waals surface area contributed by atoms with E-state index in [1.165, 1.54) is 4.88 Å². The predicted molar refractivity (Wildman–Crippen MR) is 79.8 cm³/mol. The van der Waals surface area contributed by atoms with Gasteiger partial charge in [0.15, 0.2) is 0 Å². The molecule has 0 spiro atoms. The number of alkyl halides is 1. The van der Waals surface area contributed by atoms with Crippen molar-refractivity contribution in [3.05, 3.63) is 45.2 Å². The Labute approximate surface area is 121 Å². The number of rotatable bonds is 5. The first kappa shape index (κ1) is 13.7. The Hall–Kier alpha value is -0.770. The van der Waals surface area contributed by atoms with Crippen LogP contribution in [0.15, 0.2) is 29.8 Å². The third-order valence-electron chi connectivity index (χ3n) is 2.64. The van der Waals surface area contributed by atoms with Crippen LogP contribution in [0.5, 0.6) is 0 Å². The first-order valence-corrected chi connectivity index (χ1v) is 7.51. The molecule has 0 aliphatic rings. The Bertz CT molecular complexity index is 500. The topological polar surface area (TPSA) is 16.1 Å². The molecule has 0 fully saturated rings. The molecule has 2 aromatic rings. The second kappa shape index (κ2) is 6.41. The van der Waals surface area contributed by atoms with E-state index in [2.05, 4.69) is 34.3 Å². The quantitative estimate of drug-likeness (QED) is 0.752. The van der Waals surface area contributed by atoms with Crippen LogP contribution in [0.1, 0.15) is 17.4 Å². The highest BCUT2D eigenvalue weighted by atomic mass is 35.5. The summed E-state index contributed by atoms with van der Waals surface area (Å²) in [4.78, 5) is 7.88. The highest BCUT2D eigenvalue weighted by Crippen LogP contribution is 2.26. The van der Waals surface area contributed by atoms with Crippen LogP contribution in [0.3, 0.4) is 0 Å². The largest absolute Gasteiger partial charge is 0.351 e. The minimum absolute atomic E-state index is 0.435. The van der Waals surface area contributed by atoms with Crippen molar-refractivity contribution in [3.63, 3.8) is 0 Å². The molecule has 0 aliphatic carbocycles. The first-order valence-electron chi connectivity index (χ1n) is 5.72. The molecule has 0 unspecified atom stereocenters. The molecule has 0 saturated carbocycles. The first-order chi connectivity index (χ1) is 8.74. The molecule has 5 heteroatoms. The van der Waals surface area contributed by atoms with Gasteiger partial charge in [0.2, 0.25) is 0 Å². The van der Waals surface area contributed by atoms with Crippen molar-refractivity contribution < 1.29 is 0 Å². The molecular weight excluding hydrogens is 287 g/mol. The van der Waals surface area contributed by atoms with Gasteiger partial charge in [-0.2, -0.15) is 0 Å². The van der Waals surface area contributed by atoms with Gasteiger partial charge in [-0.25, -0.2) is 4.98 Å². The molecule has 0 radical (unpaired) electrons. The van der Waals surface area contributed by atoms with E-state index in [-0.39, 0.29) is 0 Å². The van der Waals surface area contributed by atoms with Crippen LogP contribution in [-0.4, -0.2) is 11.5 Å². The van der Waals surface area contributed by atoms with E-state index in [0.717, 1.165) is 24.5 Å². The summed E-state index contributed by atoms with van der Waals surface area (Å²) in [6.07, 6.45) is 1.78. The molecule has 96 valence electrons. The molecule has 2 rings (SSSR count). The molecule has 18 heavy (non-hydrogen) atoms. The second-order valence-electron chi connectivity index (χ2n) is 3.88. The van der Waals surface area contributed by atoms with E-state index in [9.17, 15) is 0 Å². The number of anilines is 1. The van der Waals surface area contributed by atoms with E-state index >= 15 is 0 Å². The van der Waals surface area contributed by atoms with Crippen LogP contribution in [0.25, 0.3) is 0 Å². The Kier molecular flexibility index (Phi) is 4.87. The molecule has 0 aromatic carbocycles. The second-order valence-corrected chi connectivity index (χ2v) is 5.58. The number of aromatic nitrogens is 1. The van der Waals surface area contributed by atoms with Crippen LogP contribution < -0.4 is 4.90 Å². The van der Waals surface area contributed by atoms with Gasteiger partial charge in [-0.1, -0.05) is 17.7 Å². The number of nitrogens with zero attached hydrogens (tertiary/aromatic N) is 2. The Morgan fingerprint density at radius 2 is 2.28 bits per heavy atom. The van der Waals surface area contributed by atoms with Gasteiger partial charge in [0.25, 0.3) is 0 Å². The molecule has 0 amide bonds. The zero-order valence-electron chi connectivity index (χ0n) is 10.1. The molecular formula is C13H14Cl2N2S. The van der Waals surface area contributed by atoms with Crippen LogP contribution in [0.4, 0.5) is 5.82 Å². The summed E-state index contributed by atoms with van der Waals surface area (Å²) < 4.78 is 0. The highest BCUT2D eigenvalue weighted by Gasteiger charge is 2.12. The lowest BCUT2D eigenvalue weighted by molar-refractivity contribution is 0.822. The standard InChI is InChI=1S/C13H14Cl2N2S/c1-2-17(9-11-4-3-5-18-11)13-12(15)6-10(7-14)8-16-13/h3-6,8H,2,7,9H2,1H3. The van der Waals surface area contributed by atoms with Gasteiger partial charge >= 0.3 is 0 Å². The van der Waals surface area contributed by atoms with Gasteiger partial charge in [-0.3, -0.25) is 0 Å². The third-order valence-corrected chi connectivity index (χ3v) is 4.09. The van der Waals surface area contributed by atoms with Crippen molar-refractivity contribution in [2.24, 2.45) is 0 Å². The zero-order valence-corrected chi connectivity index (χ0v) is 12.4. The molecule has 0 bridgehead atoms. The number of hydrogen-bond donors (Lipinski definition) is 0. The summed E-state index contributed by atoms with van der Waals surface area (Å²) >= 11 is 13.8. The van der Waals surface area contributed by atoms with Crippen LogP contribution in [-0.2, 0) is 12.4 Å². The highest BCUT2D eigenvalue weighted by molar-refractivity contribution is 7.09. The number of halogens is 2. The van der Waals surface area contributed by atoms with Crippen molar-refractivity contribution in [1.82, 2.24) is 4.98 Å². The average molecular weight is 301 g/mol. The monoisotopic (exact) mass is 300 g/mol. The van der Waals surface area contributed by atoms with Crippen LogP contribution >= 0.6 is 34.5 Å². The SMILES string of the molecule is CCN(Cc1cccs1)c1ncc(CCl)cc1Cl. The fraction of sp³-hybridized carbons (Fsp3) is 0.308. The fourth-order valence-corrected chi connectivity index (χ4v) is 2.88. The Morgan fingerprint density at radius 3 is 2.83 bits per heavy atom. The Balaban J connectivity index is 2.22. The molecule has 0 saturated heterocycles. The zero-order chi connectivity index (χ0) is 13.0. The maximum Gasteiger partial charge on any atom is 0.147 e. The minimum Gasteiger partial charge on any atom is -0.351 e. The van der Waals surface area contributed by atoms with E-state index in [4.69, 9.17) is 23.2 Å². The van der Waals surface area contributed by atoms with Gasteiger partial charge < -0.3 is 4.90 Å². The number of pyridine rings is 1. The lowest BCUT2D eigenvalue weighted by Crippen LogP contribution is -2.23. The summed E-state index contributed by atoms with van der Waals surface area (Å²) in [7, 11) is 0. The summed E-state index contributed by atoms with van der Waals surface area (Å²) in [6, 6.07) is 6.06. The summed E-state index contributed by atoms with van der Waals surface area (Å²) in [5.74, 6) is 1.26. The lowest BCUT2D eigenvalue weighted by atomic mass is 10.3. The molecule has 2 nitrogen and oxygen atoms in total. The van der Waals surface area contributed by atoms with Crippen molar-refractivity contribution in [1.29, 1.82) is 0 Å². The molecule has 2 aromatic heterocycles. The van der Waals surface area contributed by atoms with E-state index in [1.807, 2.05) is 6.07 Å². The summed E-state index contributed by atoms with van der Waals surface area (Å²) in [5, 5.41) is 2.74. The lowest BCUT2D eigenvalue weighted by Gasteiger charge is -2.22. The van der Waals surface area contributed by atoms with Crippen LogP contribution in [0.2, 0.25) is 5.02 Å². The van der Waals surface area contributed by atoms with E-state index in [1.54, 1.807) is 17.5 Å². The number of hydrogen-bond acceptors (Lipinski definition) is 3. The predicted octanol–water partition coefficient (Wildman–Crippen LogP) is 4.56. The van der Waals surface area contributed by atoms with Crippen molar-refractivity contribution in [2.75, 3.05) is 11.4 Å². The maximum absolute atomic E-state index is 6.26. The van der Waals surface area contributed by atoms with Crippen LogP contribution in [0, 0.1) is 0 Å². The Morgan fingerprint density at radius 1 is 1.44 bits per heavy atom. The molecule has 0 atom stereocenters. The number of thiophene rings is 1. The van der Waals surface area contributed by atoms with Gasteiger partial charge in [-0.15, -0.1) is 22.9 Å². The normalized spacial score (nSPS) is 10.6. The van der Waals surface area contributed by atoms with Gasteiger partial charge in [0, 0.05) is 23.5 Å². The fourth-order valence-electron chi connectivity index (χ4n) is 1.70. The van der Waals surface area contributed by atoms with Gasteiger partial charge in [-0.05, 0) is 30.0 Å². The minimum atomic E-state index is 0.435. The molecule has 0 aliphatic heterocycles. The van der Waals surface area contributed by atoms with E-state index < -0.39 is 0 Å². The average Bonchev–Trinajstić information content (AvgIpc) is 2.89. The van der Waals surface area contributed by atoms with Gasteiger partial charge in [0.05, 0.1) is 11.6 Å². The van der Waals surface area contributed by atoms with Gasteiger partial charge in [0.1, 0.15) is 5.82 Å². The molecule has 0 N–H and O–H groups in total. The van der Waals surface area contributed by atoms with Crippen molar-refractivity contribution in [3.8, 4) is 0 Å². The maximum atomic E-state index is 6.26. The third kappa shape index (κ3) is 3.16. The van der Waals surface area contributed by atoms with Crippen molar-refractivity contribution >= 4 is 40.4 Å². The van der Waals surface area contributed by atoms with Crippen molar-refractivity contribution in [2.45, 2.75) is 19.3 Å². The summed E-state index contributed by atoms with van der Waals surface area (Å²) in [5.41, 5.74) is 0.942. The molecule has 2 heterocycles. The van der Waals surface area contributed by atoms with E-state index in [0.29, 0.717) is 10.9 Å².